The normalized spacial score (nSPS) is 16.7. The molecule has 1 saturated heterocycles. The summed E-state index contributed by atoms with van der Waals surface area (Å²) in [5.41, 5.74) is 1.53. The van der Waals surface area contributed by atoms with Gasteiger partial charge in [-0.2, -0.15) is 4.98 Å². The van der Waals surface area contributed by atoms with Crippen LogP contribution in [0.15, 0.2) is 40.9 Å². The van der Waals surface area contributed by atoms with Crippen LogP contribution in [-0.4, -0.2) is 28.5 Å². The van der Waals surface area contributed by atoms with E-state index in [4.69, 9.17) is 4.52 Å². The largest absolute Gasteiger partial charge is 0.339 e. The van der Waals surface area contributed by atoms with Crippen molar-refractivity contribution in [2.75, 3.05) is 16.8 Å². The van der Waals surface area contributed by atoms with Crippen LogP contribution in [-0.2, 0) is 9.59 Å². The summed E-state index contributed by atoms with van der Waals surface area (Å²) in [6.07, 6.45) is 0.209. The van der Waals surface area contributed by atoms with E-state index in [0.717, 1.165) is 15.4 Å². The third-order valence-corrected chi connectivity index (χ3v) is 5.53. The van der Waals surface area contributed by atoms with Crippen LogP contribution in [0.3, 0.4) is 0 Å². The summed E-state index contributed by atoms with van der Waals surface area (Å²) in [7, 11) is 0. The maximum absolute atomic E-state index is 12.7. The number of nitrogens with one attached hydrogen (secondary N) is 1. The summed E-state index contributed by atoms with van der Waals surface area (Å²) in [5.74, 6) is 0.428. The smallest absolute Gasteiger partial charge is 0.229 e. The Bertz CT molecular complexity index is 996. The lowest BCUT2D eigenvalue weighted by atomic mass is 10.1. The van der Waals surface area contributed by atoms with E-state index in [1.54, 1.807) is 11.8 Å². The van der Waals surface area contributed by atoms with E-state index in [9.17, 15) is 9.59 Å². The fraction of sp³-hybridized carbons (Fsp3) is 0.263. The van der Waals surface area contributed by atoms with Crippen molar-refractivity contribution < 1.29 is 14.1 Å². The van der Waals surface area contributed by atoms with Crippen molar-refractivity contribution in [3.8, 4) is 10.7 Å². The number of amides is 2. The molecule has 4 rings (SSSR count). The molecule has 138 valence electrons. The summed E-state index contributed by atoms with van der Waals surface area (Å²) in [6.45, 7) is 4.04. The van der Waals surface area contributed by atoms with E-state index in [-0.39, 0.29) is 24.2 Å². The molecule has 1 aromatic carbocycles. The molecular formula is C19H18N4O3S. The highest BCUT2D eigenvalue weighted by molar-refractivity contribution is 7.16. The Hall–Kier alpha value is -3.00. The number of rotatable bonds is 4. The summed E-state index contributed by atoms with van der Waals surface area (Å²) in [5, 5.41) is 6.86. The van der Waals surface area contributed by atoms with Gasteiger partial charge < -0.3 is 14.7 Å². The lowest BCUT2D eigenvalue weighted by molar-refractivity contribution is -0.122. The standard InChI is InChI=1S/C19H18N4O3S/c1-11-15(9-16(27-11)18-20-12(2)26-22-18)21-19(25)13-8-17(24)23(10-13)14-6-4-3-5-7-14/h3-7,9,13H,8,10H2,1-2H3,(H,21,25)/t13-/m1/s1. The number of hydrogen-bond acceptors (Lipinski definition) is 6. The predicted molar refractivity (Wildman–Crippen MR) is 103 cm³/mol. The van der Waals surface area contributed by atoms with E-state index < -0.39 is 0 Å². The lowest BCUT2D eigenvalue weighted by Gasteiger charge is -2.16. The third-order valence-electron chi connectivity index (χ3n) is 4.49. The molecule has 1 aliphatic rings. The molecule has 27 heavy (non-hydrogen) atoms. The molecule has 2 amide bonds. The molecule has 3 aromatic rings. The Morgan fingerprint density at radius 3 is 2.78 bits per heavy atom. The topological polar surface area (TPSA) is 88.3 Å². The molecule has 1 atom stereocenters. The van der Waals surface area contributed by atoms with Crippen LogP contribution in [0.5, 0.6) is 0 Å². The number of aromatic nitrogens is 2. The number of nitrogens with zero attached hydrogens (tertiary/aromatic N) is 3. The molecule has 7 nitrogen and oxygen atoms in total. The van der Waals surface area contributed by atoms with Crippen LogP contribution >= 0.6 is 11.3 Å². The number of benzene rings is 1. The number of thiophene rings is 1. The maximum Gasteiger partial charge on any atom is 0.229 e. The van der Waals surface area contributed by atoms with Gasteiger partial charge in [-0.3, -0.25) is 9.59 Å². The minimum absolute atomic E-state index is 0.0358. The molecule has 0 radical (unpaired) electrons. The number of para-hydroxylation sites is 1. The van der Waals surface area contributed by atoms with Crippen LogP contribution in [0.4, 0.5) is 11.4 Å². The summed E-state index contributed by atoms with van der Waals surface area (Å²) < 4.78 is 5.01. The zero-order valence-electron chi connectivity index (χ0n) is 14.9. The molecule has 3 heterocycles. The lowest BCUT2D eigenvalue weighted by Crippen LogP contribution is -2.28. The Kier molecular flexibility index (Phi) is 4.49. The van der Waals surface area contributed by atoms with Gasteiger partial charge in [0, 0.05) is 30.5 Å². The molecule has 0 saturated carbocycles. The van der Waals surface area contributed by atoms with Gasteiger partial charge in [0.2, 0.25) is 23.5 Å². The van der Waals surface area contributed by atoms with Crippen molar-refractivity contribution in [1.82, 2.24) is 10.1 Å². The van der Waals surface area contributed by atoms with Gasteiger partial charge in [-0.25, -0.2) is 0 Å². The second-order valence-corrected chi connectivity index (χ2v) is 7.70. The average Bonchev–Trinajstić information content (AvgIpc) is 3.35. The van der Waals surface area contributed by atoms with Crippen molar-refractivity contribution in [1.29, 1.82) is 0 Å². The van der Waals surface area contributed by atoms with Gasteiger partial charge in [-0.15, -0.1) is 11.3 Å². The van der Waals surface area contributed by atoms with Gasteiger partial charge in [0.05, 0.1) is 16.5 Å². The summed E-state index contributed by atoms with van der Waals surface area (Å²) in [6, 6.07) is 11.3. The van der Waals surface area contributed by atoms with E-state index in [0.29, 0.717) is 23.9 Å². The van der Waals surface area contributed by atoms with E-state index in [1.807, 2.05) is 43.3 Å². The van der Waals surface area contributed by atoms with Crippen LogP contribution in [0, 0.1) is 19.8 Å². The highest BCUT2D eigenvalue weighted by atomic mass is 32.1. The van der Waals surface area contributed by atoms with Crippen molar-refractivity contribution in [2.45, 2.75) is 20.3 Å². The number of aryl methyl sites for hydroxylation is 2. The summed E-state index contributed by atoms with van der Waals surface area (Å²) in [4.78, 5) is 32.7. The highest BCUT2D eigenvalue weighted by Crippen LogP contribution is 2.33. The number of carbonyl (C=O) groups is 2. The zero-order valence-corrected chi connectivity index (χ0v) is 15.7. The average molecular weight is 382 g/mol. The fourth-order valence-corrected chi connectivity index (χ4v) is 3.99. The van der Waals surface area contributed by atoms with Crippen molar-refractivity contribution in [2.24, 2.45) is 5.92 Å². The van der Waals surface area contributed by atoms with Gasteiger partial charge in [-0.05, 0) is 25.1 Å². The number of hydrogen-bond donors (Lipinski definition) is 1. The first-order valence-corrected chi connectivity index (χ1v) is 9.40. The Balaban J connectivity index is 1.47. The molecule has 1 aliphatic heterocycles. The highest BCUT2D eigenvalue weighted by Gasteiger charge is 2.35. The van der Waals surface area contributed by atoms with E-state index >= 15 is 0 Å². The van der Waals surface area contributed by atoms with Gasteiger partial charge >= 0.3 is 0 Å². The minimum Gasteiger partial charge on any atom is -0.339 e. The molecule has 8 heteroatoms. The van der Waals surface area contributed by atoms with Gasteiger partial charge in [0.1, 0.15) is 0 Å². The van der Waals surface area contributed by atoms with Crippen LogP contribution < -0.4 is 10.2 Å². The monoisotopic (exact) mass is 382 g/mol. The Morgan fingerprint density at radius 1 is 1.30 bits per heavy atom. The summed E-state index contributed by atoms with van der Waals surface area (Å²) >= 11 is 1.49. The third kappa shape index (κ3) is 3.48. The first kappa shape index (κ1) is 17.4. The van der Waals surface area contributed by atoms with Crippen molar-refractivity contribution >= 4 is 34.5 Å². The van der Waals surface area contributed by atoms with Crippen LogP contribution in [0.25, 0.3) is 10.7 Å². The molecule has 1 fully saturated rings. The first-order valence-electron chi connectivity index (χ1n) is 8.58. The molecule has 0 bridgehead atoms. The van der Waals surface area contributed by atoms with Gasteiger partial charge in [-0.1, -0.05) is 23.4 Å². The first-order chi connectivity index (χ1) is 13.0. The molecule has 0 aliphatic carbocycles. The molecule has 0 spiro atoms. The Labute approximate surface area is 160 Å². The predicted octanol–water partition coefficient (Wildman–Crippen LogP) is 3.41. The van der Waals surface area contributed by atoms with Crippen molar-refractivity contribution in [3.63, 3.8) is 0 Å². The number of anilines is 2. The molecular weight excluding hydrogens is 364 g/mol. The molecule has 2 aromatic heterocycles. The van der Waals surface area contributed by atoms with Crippen LogP contribution in [0.2, 0.25) is 0 Å². The quantitative estimate of drug-likeness (QED) is 0.747. The van der Waals surface area contributed by atoms with Crippen molar-refractivity contribution in [3.05, 3.63) is 47.2 Å². The molecule has 1 N–H and O–H groups in total. The second kappa shape index (κ2) is 6.96. The maximum atomic E-state index is 12.7. The SMILES string of the molecule is Cc1nc(-c2cc(NC(=O)[C@@H]3CC(=O)N(c4ccccc4)C3)c(C)s2)no1. The van der Waals surface area contributed by atoms with Crippen LogP contribution in [0.1, 0.15) is 17.2 Å². The fourth-order valence-electron chi connectivity index (χ4n) is 3.09. The minimum atomic E-state index is -0.382. The Morgan fingerprint density at radius 2 is 2.07 bits per heavy atom. The number of carbonyl (C=O) groups excluding carboxylic acids is 2. The zero-order chi connectivity index (χ0) is 19.0. The second-order valence-electron chi connectivity index (χ2n) is 6.45. The van der Waals surface area contributed by atoms with E-state index in [1.165, 1.54) is 11.3 Å². The molecule has 0 unspecified atom stereocenters. The van der Waals surface area contributed by atoms with E-state index in [2.05, 4.69) is 15.5 Å². The van der Waals surface area contributed by atoms with Gasteiger partial charge in [0.25, 0.3) is 0 Å². The van der Waals surface area contributed by atoms with Gasteiger partial charge in [0.15, 0.2) is 0 Å².